The van der Waals surface area contributed by atoms with E-state index in [1.807, 2.05) is 24.3 Å². The summed E-state index contributed by atoms with van der Waals surface area (Å²) in [6.07, 6.45) is 3.60. The molecule has 0 radical (unpaired) electrons. The molecule has 0 saturated heterocycles. The van der Waals surface area contributed by atoms with Gasteiger partial charge in [0.1, 0.15) is 0 Å². The molecule has 0 bridgehead atoms. The van der Waals surface area contributed by atoms with E-state index in [1.54, 1.807) is 12.4 Å². The van der Waals surface area contributed by atoms with Gasteiger partial charge in [0.05, 0.1) is 11.2 Å². The van der Waals surface area contributed by atoms with Gasteiger partial charge >= 0.3 is 0 Å². The van der Waals surface area contributed by atoms with Crippen LogP contribution in [0.2, 0.25) is 0 Å². The van der Waals surface area contributed by atoms with Gasteiger partial charge in [0.2, 0.25) is 0 Å². The zero-order chi connectivity index (χ0) is 14.8. The van der Waals surface area contributed by atoms with Crippen LogP contribution in [0, 0.1) is 0 Å². The smallest absolute Gasteiger partial charge is 0.0717 e. The molecule has 4 aromatic rings. The maximum atomic E-state index is 4.80. The molecule has 0 aliphatic heterocycles. The van der Waals surface area contributed by atoms with Crippen molar-refractivity contribution in [3.63, 3.8) is 0 Å². The van der Waals surface area contributed by atoms with E-state index < -0.39 is 0 Å². The van der Waals surface area contributed by atoms with Crippen LogP contribution in [-0.2, 0) is 0 Å². The van der Waals surface area contributed by atoms with E-state index in [0.717, 1.165) is 16.8 Å². The molecule has 22 heavy (non-hydrogen) atoms. The second-order valence-corrected chi connectivity index (χ2v) is 5.17. The van der Waals surface area contributed by atoms with Crippen molar-refractivity contribution in [3.05, 3.63) is 85.2 Å². The van der Waals surface area contributed by atoms with Crippen LogP contribution >= 0.6 is 0 Å². The Kier molecular flexibility index (Phi) is 3.13. The highest BCUT2D eigenvalue weighted by molar-refractivity contribution is 5.96. The largest absolute Gasteiger partial charge is 0.265 e. The lowest BCUT2D eigenvalue weighted by atomic mass is 9.99. The van der Waals surface area contributed by atoms with E-state index in [9.17, 15) is 0 Å². The fourth-order valence-electron chi connectivity index (χ4n) is 2.70. The predicted molar refractivity (Wildman–Crippen MR) is 90.4 cm³/mol. The lowest BCUT2D eigenvalue weighted by Crippen LogP contribution is -1.89. The van der Waals surface area contributed by atoms with E-state index in [4.69, 9.17) is 4.98 Å². The van der Waals surface area contributed by atoms with Gasteiger partial charge in [0.25, 0.3) is 0 Å². The monoisotopic (exact) mass is 282 g/mol. The second kappa shape index (κ2) is 5.41. The number of benzene rings is 2. The topological polar surface area (TPSA) is 25.8 Å². The lowest BCUT2D eigenvalue weighted by molar-refractivity contribution is 1.31. The summed E-state index contributed by atoms with van der Waals surface area (Å²) in [6.45, 7) is 0. The van der Waals surface area contributed by atoms with Gasteiger partial charge in [0.15, 0.2) is 0 Å². The van der Waals surface area contributed by atoms with Crippen LogP contribution in [-0.4, -0.2) is 9.97 Å². The van der Waals surface area contributed by atoms with Crippen molar-refractivity contribution in [2.75, 3.05) is 0 Å². The van der Waals surface area contributed by atoms with Crippen LogP contribution in [0.4, 0.5) is 0 Å². The first kappa shape index (κ1) is 12.7. The average Bonchev–Trinajstić information content (AvgIpc) is 2.62. The van der Waals surface area contributed by atoms with Gasteiger partial charge < -0.3 is 0 Å². The van der Waals surface area contributed by atoms with Gasteiger partial charge in [0, 0.05) is 23.3 Å². The summed E-state index contributed by atoms with van der Waals surface area (Å²) in [4.78, 5) is 8.89. The van der Waals surface area contributed by atoms with E-state index in [0.29, 0.717) is 0 Å². The molecule has 2 heterocycles. The number of para-hydroxylation sites is 1. The van der Waals surface area contributed by atoms with Crippen molar-refractivity contribution in [2.24, 2.45) is 0 Å². The van der Waals surface area contributed by atoms with Crippen molar-refractivity contribution in [1.29, 1.82) is 0 Å². The van der Waals surface area contributed by atoms with Crippen LogP contribution in [0.25, 0.3) is 33.3 Å². The Morgan fingerprint density at radius 3 is 2.18 bits per heavy atom. The Balaban J connectivity index is 2.02. The van der Waals surface area contributed by atoms with Gasteiger partial charge in [-0.1, -0.05) is 48.5 Å². The minimum atomic E-state index is 0.972. The summed E-state index contributed by atoms with van der Waals surface area (Å²) in [7, 11) is 0. The first-order valence-corrected chi connectivity index (χ1v) is 7.27. The molecule has 2 nitrogen and oxygen atoms in total. The molecule has 0 unspecified atom stereocenters. The van der Waals surface area contributed by atoms with E-state index in [2.05, 4.69) is 53.5 Å². The maximum Gasteiger partial charge on any atom is 0.0717 e. The molecular formula is C20H14N2. The first-order valence-electron chi connectivity index (χ1n) is 7.27. The normalized spacial score (nSPS) is 10.7. The summed E-state index contributed by atoms with van der Waals surface area (Å²) in [6, 6.07) is 24.9. The van der Waals surface area contributed by atoms with Crippen LogP contribution in [0.1, 0.15) is 0 Å². The zero-order valence-electron chi connectivity index (χ0n) is 12.0. The van der Waals surface area contributed by atoms with Crippen LogP contribution in [0.3, 0.4) is 0 Å². The lowest BCUT2D eigenvalue weighted by Gasteiger charge is -2.10. The van der Waals surface area contributed by atoms with Gasteiger partial charge in [-0.05, 0) is 35.4 Å². The van der Waals surface area contributed by atoms with Gasteiger partial charge in [-0.15, -0.1) is 0 Å². The molecule has 2 heteroatoms. The molecule has 0 saturated carbocycles. The molecule has 0 spiro atoms. The number of fused-ring (bicyclic) bond motifs is 1. The predicted octanol–water partition coefficient (Wildman–Crippen LogP) is 4.96. The van der Waals surface area contributed by atoms with E-state index in [1.165, 1.54) is 16.5 Å². The highest BCUT2D eigenvalue weighted by Gasteiger charge is 2.08. The van der Waals surface area contributed by atoms with Crippen LogP contribution < -0.4 is 0 Å². The van der Waals surface area contributed by atoms with E-state index in [-0.39, 0.29) is 0 Å². The second-order valence-electron chi connectivity index (χ2n) is 5.17. The van der Waals surface area contributed by atoms with Gasteiger partial charge in [-0.3, -0.25) is 4.98 Å². The van der Waals surface area contributed by atoms with Crippen molar-refractivity contribution in [2.45, 2.75) is 0 Å². The van der Waals surface area contributed by atoms with Crippen LogP contribution in [0.5, 0.6) is 0 Å². The molecule has 0 N–H and O–H groups in total. The Morgan fingerprint density at radius 2 is 1.36 bits per heavy atom. The fraction of sp³-hybridized carbons (Fsp3) is 0. The SMILES string of the molecule is c1ccc(-c2cc(-c3ccncc3)nc3ccccc23)cc1. The molecule has 0 aliphatic rings. The highest BCUT2D eigenvalue weighted by Crippen LogP contribution is 2.31. The Bertz CT molecular complexity index is 916. The third-order valence-electron chi connectivity index (χ3n) is 3.78. The summed E-state index contributed by atoms with van der Waals surface area (Å²) in [5.74, 6) is 0. The van der Waals surface area contributed by atoms with Gasteiger partial charge in [-0.2, -0.15) is 0 Å². The summed E-state index contributed by atoms with van der Waals surface area (Å²) in [5, 5.41) is 1.17. The number of hydrogen-bond donors (Lipinski definition) is 0. The highest BCUT2D eigenvalue weighted by atomic mass is 14.7. The maximum absolute atomic E-state index is 4.80. The minimum absolute atomic E-state index is 0.972. The third kappa shape index (κ3) is 2.25. The zero-order valence-corrected chi connectivity index (χ0v) is 12.0. The molecule has 0 aliphatic carbocycles. The molecule has 0 amide bonds. The Morgan fingerprint density at radius 1 is 0.636 bits per heavy atom. The Hall–Kier alpha value is -3.00. The average molecular weight is 282 g/mol. The number of pyridine rings is 2. The van der Waals surface area contributed by atoms with Crippen LogP contribution in [0.15, 0.2) is 85.2 Å². The number of rotatable bonds is 2. The molecule has 0 fully saturated rings. The van der Waals surface area contributed by atoms with Gasteiger partial charge in [-0.25, -0.2) is 4.98 Å². The first-order chi connectivity index (χ1) is 10.9. The molecule has 104 valence electrons. The molecule has 2 aromatic heterocycles. The van der Waals surface area contributed by atoms with Crippen molar-refractivity contribution >= 4 is 10.9 Å². The third-order valence-corrected chi connectivity index (χ3v) is 3.78. The minimum Gasteiger partial charge on any atom is -0.265 e. The van der Waals surface area contributed by atoms with Crippen molar-refractivity contribution < 1.29 is 0 Å². The van der Waals surface area contributed by atoms with Crippen molar-refractivity contribution in [1.82, 2.24) is 9.97 Å². The summed E-state index contributed by atoms with van der Waals surface area (Å²) < 4.78 is 0. The Labute approximate surface area is 129 Å². The molecule has 2 aromatic carbocycles. The summed E-state index contributed by atoms with van der Waals surface area (Å²) in [5.41, 5.74) is 5.47. The molecular weight excluding hydrogens is 268 g/mol. The summed E-state index contributed by atoms with van der Waals surface area (Å²) >= 11 is 0. The standard InChI is InChI=1S/C20H14N2/c1-2-6-15(7-3-1)18-14-20(16-10-12-21-13-11-16)22-19-9-5-4-8-17(18)19/h1-14H. The number of hydrogen-bond acceptors (Lipinski definition) is 2. The quantitative estimate of drug-likeness (QED) is 0.519. The molecule has 0 atom stereocenters. The number of nitrogens with zero attached hydrogens (tertiary/aromatic N) is 2. The van der Waals surface area contributed by atoms with E-state index >= 15 is 0 Å². The fourth-order valence-corrected chi connectivity index (χ4v) is 2.70. The molecule has 4 rings (SSSR count). The number of aromatic nitrogens is 2. The van der Waals surface area contributed by atoms with Crippen molar-refractivity contribution in [3.8, 4) is 22.4 Å².